The van der Waals surface area contributed by atoms with E-state index in [4.69, 9.17) is 22.8 Å². The van der Waals surface area contributed by atoms with Crippen LogP contribution >= 0.6 is 15.2 Å². The molecule has 0 amide bonds. The Balaban J connectivity index is 3.53. The minimum atomic E-state index is -3.96. The number of carbonyl (C=O) groups is 1. The van der Waals surface area contributed by atoms with E-state index in [-0.39, 0.29) is 32.8 Å². The number of ether oxygens (including phenoxy) is 1. The minimum Gasteiger partial charge on any atom is -0.469 e. The number of hydrogen-bond donors (Lipinski definition) is 0. The predicted molar refractivity (Wildman–Crippen MR) is 111 cm³/mol. The van der Waals surface area contributed by atoms with Gasteiger partial charge in [0, 0.05) is 0 Å². The molecule has 1 atom stereocenters. The zero-order valence-electron chi connectivity index (χ0n) is 17.7. The van der Waals surface area contributed by atoms with Gasteiger partial charge in [-0.05, 0) is 39.7 Å². The van der Waals surface area contributed by atoms with E-state index < -0.39 is 32.5 Å². The molecule has 0 aliphatic carbocycles. The van der Waals surface area contributed by atoms with Crippen LogP contribution in [-0.4, -0.2) is 44.9 Å². The molecule has 0 aliphatic rings. The van der Waals surface area contributed by atoms with Crippen LogP contribution in [-0.2, 0) is 36.8 Å². The standard InChI is InChI=1S/C19H32O8P2/c1-6-24-28(21,25-7-2)18(29(22,26-8-3)27-9-4)15-17(19(20)23-5)16-13-11-10-12-14-16/h10-14,17-18H,6-9,15H2,1-5H3/t17-/m1/s1. The molecule has 1 aromatic rings. The fourth-order valence-corrected chi connectivity index (χ4v) is 8.38. The average Bonchev–Trinajstić information content (AvgIpc) is 2.69. The van der Waals surface area contributed by atoms with Crippen molar-refractivity contribution in [1.82, 2.24) is 0 Å². The smallest absolute Gasteiger partial charge is 0.345 e. The Bertz CT molecular complexity index is 659. The maximum atomic E-state index is 13.7. The first-order valence-electron chi connectivity index (χ1n) is 9.72. The average molecular weight is 450 g/mol. The lowest BCUT2D eigenvalue weighted by Crippen LogP contribution is -2.24. The maximum absolute atomic E-state index is 13.7. The van der Waals surface area contributed by atoms with Gasteiger partial charge in [-0.2, -0.15) is 0 Å². The van der Waals surface area contributed by atoms with Crippen molar-refractivity contribution in [2.24, 2.45) is 0 Å². The van der Waals surface area contributed by atoms with Gasteiger partial charge in [0.2, 0.25) is 0 Å². The summed E-state index contributed by atoms with van der Waals surface area (Å²) in [5.74, 6) is -1.41. The molecule has 0 heterocycles. The van der Waals surface area contributed by atoms with Gasteiger partial charge in [-0.25, -0.2) is 0 Å². The first-order valence-corrected chi connectivity index (χ1v) is 12.9. The summed E-state index contributed by atoms with van der Waals surface area (Å²) < 4.78 is 54.1. The van der Waals surface area contributed by atoms with Crippen LogP contribution in [0.1, 0.15) is 45.6 Å². The predicted octanol–water partition coefficient (Wildman–Crippen LogP) is 5.19. The molecule has 29 heavy (non-hydrogen) atoms. The minimum absolute atomic E-state index is 0.0697. The third kappa shape index (κ3) is 7.02. The molecule has 0 bridgehead atoms. The summed E-state index contributed by atoms with van der Waals surface area (Å²) in [4.78, 5) is 12.6. The van der Waals surface area contributed by atoms with Gasteiger partial charge in [0.1, 0.15) is 0 Å². The van der Waals surface area contributed by atoms with Crippen molar-refractivity contribution in [3.8, 4) is 0 Å². The van der Waals surface area contributed by atoms with E-state index in [1.165, 1.54) is 7.11 Å². The lowest BCUT2D eigenvalue weighted by atomic mass is 9.97. The van der Waals surface area contributed by atoms with Crippen LogP contribution in [0.2, 0.25) is 0 Å². The van der Waals surface area contributed by atoms with E-state index >= 15 is 0 Å². The highest BCUT2D eigenvalue weighted by atomic mass is 31.2. The van der Waals surface area contributed by atoms with Crippen LogP contribution in [0.4, 0.5) is 0 Å². The molecular formula is C19H32O8P2. The second-order valence-electron chi connectivity index (χ2n) is 5.95. The van der Waals surface area contributed by atoms with Gasteiger partial charge in [-0.15, -0.1) is 0 Å². The van der Waals surface area contributed by atoms with E-state index in [2.05, 4.69) is 0 Å². The maximum Gasteiger partial charge on any atom is 0.345 e. The molecule has 0 radical (unpaired) electrons. The van der Waals surface area contributed by atoms with Gasteiger partial charge >= 0.3 is 21.2 Å². The first-order chi connectivity index (χ1) is 13.8. The van der Waals surface area contributed by atoms with Crippen LogP contribution < -0.4 is 0 Å². The Morgan fingerprint density at radius 1 is 0.828 bits per heavy atom. The van der Waals surface area contributed by atoms with Crippen molar-refractivity contribution in [3.05, 3.63) is 35.9 Å². The fraction of sp³-hybridized carbons (Fsp3) is 0.632. The molecule has 0 saturated carbocycles. The summed E-state index contributed by atoms with van der Waals surface area (Å²) in [7, 11) is -6.65. The zero-order chi connectivity index (χ0) is 21.9. The molecule has 0 spiro atoms. The summed E-state index contributed by atoms with van der Waals surface area (Å²) in [5.41, 5.74) is 0.628. The largest absolute Gasteiger partial charge is 0.469 e. The lowest BCUT2D eigenvalue weighted by molar-refractivity contribution is -0.142. The van der Waals surface area contributed by atoms with Crippen LogP contribution in [0.5, 0.6) is 0 Å². The Kier molecular flexibility index (Phi) is 11.3. The number of carbonyl (C=O) groups excluding carboxylic acids is 1. The van der Waals surface area contributed by atoms with E-state index in [1.54, 1.807) is 52.0 Å². The van der Waals surface area contributed by atoms with E-state index in [9.17, 15) is 13.9 Å². The Morgan fingerprint density at radius 3 is 1.59 bits per heavy atom. The zero-order valence-corrected chi connectivity index (χ0v) is 19.5. The Morgan fingerprint density at radius 2 is 1.24 bits per heavy atom. The summed E-state index contributed by atoms with van der Waals surface area (Å²) in [6.45, 7) is 6.91. The van der Waals surface area contributed by atoms with Gasteiger partial charge in [0.05, 0.1) is 39.5 Å². The molecule has 1 aromatic carbocycles. The first kappa shape index (κ1) is 26.0. The van der Waals surface area contributed by atoms with Crippen LogP contribution in [0.15, 0.2) is 30.3 Å². The third-order valence-corrected chi connectivity index (χ3v) is 10.2. The number of esters is 1. The normalized spacial score (nSPS) is 13.4. The molecule has 0 aliphatic heterocycles. The summed E-state index contributed by atoms with van der Waals surface area (Å²) in [6.07, 6.45) is -0.148. The molecule has 0 fully saturated rings. The molecule has 0 aromatic heterocycles. The quantitative estimate of drug-likeness (QED) is 0.282. The number of methoxy groups -OCH3 is 1. The highest BCUT2D eigenvalue weighted by Crippen LogP contribution is 2.72. The third-order valence-electron chi connectivity index (χ3n) is 4.10. The van der Waals surface area contributed by atoms with Crippen molar-refractivity contribution in [3.63, 3.8) is 0 Å². The van der Waals surface area contributed by atoms with Gasteiger partial charge in [0.25, 0.3) is 0 Å². The van der Waals surface area contributed by atoms with Gasteiger partial charge in [-0.1, -0.05) is 30.3 Å². The highest BCUT2D eigenvalue weighted by molar-refractivity contribution is 7.72. The molecule has 0 unspecified atom stereocenters. The second kappa shape index (κ2) is 12.6. The number of rotatable bonds is 14. The monoisotopic (exact) mass is 450 g/mol. The van der Waals surface area contributed by atoms with Crippen molar-refractivity contribution in [2.75, 3.05) is 33.5 Å². The molecule has 166 valence electrons. The van der Waals surface area contributed by atoms with Crippen molar-refractivity contribution < 1.29 is 36.8 Å². The SMILES string of the molecule is CCOP(=O)(OCC)C(C[C@@H](C(=O)OC)c1ccccc1)P(=O)(OCC)OCC. The highest BCUT2D eigenvalue weighted by Gasteiger charge is 2.52. The summed E-state index contributed by atoms with van der Waals surface area (Å²) in [5, 5.41) is -1.29. The molecule has 1 rings (SSSR count). The molecular weight excluding hydrogens is 418 g/mol. The number of hydrogen-bond acceptors (Lipinski definition) is 8. The molecule has 10 heteroatoms. The van der Waals surface area contributed by atoms with Gasteiger partial charge in [-0.3, -0.25) is 13.9 Å². The second-order valence-corrected chi connectivity index (χ2v) is 10.8. The molecule has 0 N–H and O–H groups in total. The lowest BCUT2D eigenvalue weighted by Gasteiger charge is -2.33. The van der Waals surface area contributed by atoms with Crippen LogP contribution in [0.3, 0.4) is 0 Å². The van der Waals surface area contributed by atoms with Crippen molar-refractivity contribution in [1.29, 1.82) is 0 Å². The van der Waals surface area contributed by atoms with Crippen LogP contribution in [0, 0.1) is 0 Å². The van der Waals surface area contributed by atoms with Gasteiger partial charge < -0.3 is 22.8 Å². The Labute approximate surface area is 173 Å². The van der Waals surface area contributed by atoms with Crippen molar-refractivity contribution in [2.45, 2.75) is 45.4 Å². The topological polar surface area (TPSA) is 97.4 Å². The number of benzene rings is 1. The van der Waals surface area contributed by atoms with Crippen molar-refractivity contribution >= 4 is 21.2 Å². The van der Waals surface area contributed by atoms with E-state index in [0.29, 0.717) is 5.56 Å². The fourth-order valence-electron chi connectivity index (χ4n) is 2.98. The van der Waals surface area contributed by atoms with E-state index in [0.717, 1.165) is 0 Å². The van der Waals surface area contributed by atoms with Crippen LogP contribution in [0.25, 0.3) is 0 Å². The molecule has 0 saturated heterocycles. The summed E-state index contributed by atoms with van der Waals surface area (Å²) in [6, 6.07) is 8.85. The molecule has 8 nitrogen and oxygen atoms in total. The Hall–Kier alpha value is -1.01. The van der Waals surface area contributed by atoms with E-state index in [1.807, 2.05) is 6.07 Å². The van der Waals surface area contributed by atoms with Gasteiger partial charge in [0.15, 0.2) is 5.40 Å². The summed E-state index contributed by atoms with van der Waals surface area (Å²) >= 11 is 0.